The van der Waals surface area contributed by atoms with E-state index in [-0.39, 0.29) is 5.91 Å². The van der Waals surface area contributed by atoms with Gasteiger partial charge in [0.15, 0.2) is 0 Å². The number of aryl methyl sites for hydroxylation is 1. The van der Waals surface area contributed by atoms with Gasteiger partial charge in [-0.05, 0) is 36.5 Å². The number of hydrogen-bond acceptors (Lipinski definition) is 4. The number of benzene rings is 1. The van der Waals surface area contributed by atoms with Gasteiger partial charge in [0.05, 0.1) is 6.10 Å². The highest BCUT2D eigenvalue weighted by atomic mass is 16.3. The third-order valence-electron chi connectivity index (χ3n) is 4.92. The highest BCUT2D eigenvalue weighted by molar-refractivity contribution is 5.92. The summed E-state index contributed by atoms with van der Waals surface area (Å²) in [6.45, 7) is 7.54. The predicted molar refractivity (Wildman–Crippen MR) is 91.7 cm³/mol. The van der Waals surface area contributed by atoms with Crippen molar-refractivity contribution in [1.29, 1.82) is 0 Å². The Morgan fingerprint density at radius 1 is 1.30 bits per heavy atom. The first-order valence-corrected chi connectivity index (χ1v) is 8.67. The van der Waals surface area contributed by atoms with Crippen molar-refractivity contribution >= 4 is 11.6 Å². The maximum atomic E-state index is 11.7. The van der Waals surface area contributed by atoms with Crippen LogP contribution in [0.5, 0.6) is 0 Å². The molecule has 1 saturated heterocycles. The Morgan fingerprint density at radius 2 is 2.09 bits per heavy atom. The summed E-state index contributed by atoms with van der Waals surface area (Å²) >= 11 is 0. The molecular weight excluding hydrogens is 290 g/mol. The van der Waals surface area contributed by atoms with Crippen LogP contribution in [-0.4, -0.2) is 55.2 Å². The fourth-order valence-electron chi connectivity index (χ4n) is 3.56. The Labute approximate surface area is 138 Å². The molecule has 1 unspecified atom stereocenters. The molecule has 5 nitrogen and oxygen atoms in total. The van der Waals surface area contributed by atoms with Gasteiger partial charge in [-0.3, -0.25) is 4.79 Å². The number of amides is 1. The van der Waals surface area contributed by atoms with Crippen molar-refractivity contribution in [3.63, 3.8) is 0 Å². The van der Waals surface area contributed by atoms with Gasteiger partial charge < -0.3 is 20.2 Å². The second-order valence-electron chi connectivity index (χ2n) is 6.56. The summed E-state index contributed by atoms with van der Waals surface area (Å²) in [6.07, 6.45) is 2.31. The summed E-state index contributed by atoms with van der Waals surface area (Å²) in [7, 11) is 0. The lowest BCUT2D eigenvalue weighted by Crippen LogP contribution is -2.44. The van der Waals surface area contributed by atoms with E-state index in [0.29, 0.717) is 0 Å². The minimum Gasteiger partial charge on any atom is -0.388 e. The molecule has 0 aliphatic carbocycles. The summed E-state index contributed by atoms with van der Waals surface area (Å²) in [6, 6.07) is 6.06. The van der Waals surface area contributed by atoms with E-state index in [0.717, 1.165) is 69.8 Å². The second kappa shape index (κ2) is 7.43. The number of piperazine rings is 1. The molecule has 3 rings (SSSR count). The van der Waals surface area contributed by atoms with Crippen molar-refractivity contribution < 1.29 is 9.90 Å². The van der Waals surface area contributed by atoms with Gasteiger partial charge in [-0.2, -0.15) is 0 Å². The van der Waals surface area contributed by atoms with E-state index in [1.807, 2.05) is 17.0 Å². The van der Waals surface area contributed by atoms with Gasteiger partial charge in [-0.1, -0.05) is 12.1 Å². The maximum absolute atomic E-state index is 11.7. The molecular formula is C18H27N3O2. The van der Waals surface area contributed by atoms with E-state index in [9.17, 15) is 9.90 Å². The monoisotopic (exact) mass is 317 g/mol. The van der Waals surface area contributed by atoms with Crippen molar-refractivity contribution in [3.8, 4) is 0 Å². The molecule has 0 aromatic heterocycles. The fourth-order valence-corrected chi connectivity index (χ4v) is 3.56. The standard InChI is InChI=1S/C18H27N3O2/c1-14(22)21-9-2-3-15-13-16(4-5-17(15)21)18(23)6-10-20-11-7-19-8-12-20/h4-5,13,18-19,23H,2-3,6-12H2,1H3. The van der Waals surface area contributed by atoms with Gasteiger partial charge >= 0.3 is 0 Å². The Bertz CT molecular complexity index is 555. The van der Waals surface area contributed by atoms with Crippen LogP contribution in [0.4, 0.5) is 5.69 Å². The average molecular weight is 317 g/mol. The first-order chi connectivity index (χ1) is 11.1. The molecule has 0 spiro atoms. The number of aliphatic hydroxyl groups excluding tert-OH is 1. The number of carbonyl (C=O) groups excluding carboxylic acids is 1. The highest BCUT2D eigenvalue weighted by Crippen LogP contribution is 2.30. The number of aliphatic hydroxyl groups is 1. The molecule has 126 valence electrons. The van der Waals surface area contributed by atoms with Crippen LogP contribution in [0, 0.1) is 0 Å². The number of anilines is 1. The van der Waals surface area contributed by atoms with Crippen LogP contribution in [0.2, 0.25) is 0 Å². The molecule has 1 aromatic rings. The number of nitrogens with zero attached hydrogens (tertiary/aromatic N) is 2. The molecule has 23 heavy (non-hydrogen) atoms. The van der Waals surface area contributed by atoms with Crippen molar-refractivity contribution in [1.82, 2.24) is 10.2 Å². The van der Waals surface area contributed by atoms with E-state index < -0.39 is 6.10 Å². The zero-order valence-electron chi connectivity index (χ0n) is 13.9. The van der Waals surface area contributed by atoms with Crippen molar-refractivity contribution in [2.24, 2.45) is 0 Å². The van der Waals surface area contributed by atoms with E-state index in [1.54, 1.807) is 6.92 Å². The topological polar surface area (TPSA) is 55.8 Å². The Hall–Kier alpha value is -1.43. The van der Waals surface area contributed by atoms with Crippen LogP contribution >= 0.6 is 0 Å². The van der Waals surface area contributed by atoms with Gasteiger partial charge in [0.2, 0.25) is 5.91 Å². The van der Waals surface area contributed by atoms with Crippen molar-refractivity contribution in [2.45, 2.75) is 32.3 Å². The maximum Gasteiger partial charge on any atom is 0.223 e. The Kier molecular flexibility index (Phi) is 5.30. The summed E-state index contributed by atoms with van der Waals surface area (Å²) in [5.41, 5.74) is 3.18. The van der Waals surface area contributed by atoms with E-state index >= 15 is 0 Å². The molecule has 2 aliphatic heterocycles. The molecule has 0 bridgehead atoms. The zero-order valence-corrected chi connectivity index (χ0v) is 13.9. The first-order valence-electron chi connectivity index (χ1n) is 8.67. The average Bonchev–Trinajstić information content (AvgIpc) is 2.59. The number of nitrogens with one attached hydrogen (secondary N) is 1. The van der Waals surface area contributed by atoms with Gasteiger partial charge in [-0.15, -0.1) is 0 Å². The Balaban J connectivity index is 1.64. The molecule has 0 radical (unpaired) electrons. The van der Waals surface area contributed by atoms with E-state index in [2.05, 4.69) is 16.3 Å². The smallest absolute Gasteiger partial charge is 0.223 e. The molecule has 1 fully saturated rings. The molecule has 2 aliphatic rings. The SMILES string of the molecule is CC(=O)N1CCCc2cc(C(O)CCN3CCNCC3)ccc21. The van der Waals surface area contributed by atoms with Crippen molar-refractivity contribution in [2.75, 3.05) is 44.2 Å². The third kappa shape index (κ3) is 3.91. The zero-order chi connectivity index (χ0) is 16.2. The summed E-state index contributed by atoms with van der Waals surface area (Å²) in [5.74, 6) is 0.0953. The number of rotatable bonds is 4. The normalized spacial score (nSPS) is 20.2. The molecule has 2 N–H and O–H groups in total. The molecule has 0 saturated carbocycles. The molecule has 2 heterocycles. The second-order valence-corrected chi connectivity index (χ2v) is 6.56. The summed E-state index contributed by atoms with van der Waals surface area (Å²) < 4.78 is 0. The summed E-state index contributed by atoms with van der Waals surface area (Å²) in [4.78, 5) is 16.0. The molecule has 1 amide bonds. The fraction of sp³-hybridized carbons (Fsp3) is 0.611. The van der Waals surface area contributed by atoms with Crippen LogP contribution < -0.4 is 10.2 Å². The quantitative estimate of drug-likeness (QED) is 0.879. The minimum atomic E-state index is -0.428. The highest BCUT2D eigenvalue weighted by Gasteiger charge is 2.21. The lowest BCUT2D eigenvalue weighted by molar-refractivity contribution is -0.116. The third-order valence-corrected chi connectivity index (χ3v) is 4.92. The van der Waals surface area contributed by atoms with E-state index in [1.165, 1.54) is 5.56 Å². The van der Waals surface area contributed by atoms with E-state index in [4.69, 9.17) is 0 Å². The lowest BCUT2D eigenvalue weighted by Gasteiger charge is -2.30. The van der Waals surface area contributed by atoms with Gasteiger partial charge in [0.1, 0.15) is 0 Å². The Morgan fingerprint density at radius 3 is 2.83 bits per heavy atom. The number of hydrogen-bond donors (Lipinski definition) is 2. The van der Waals surface area contributed by atoms with Crippen molar-refractivity contribution in [3.05, 3.63) is 29.3 Å². The van der Waals surface area contributed by atoms with Crippen LogP contribution in [0.3, 0.4) is 0 Å². The first kappa shape index (κ1) is 16.4. The summed E-state index contributed by atoms with van der Waals surface area (Å²) in [5, 5.41) is 13.9. The van der Waals surface area contributed by atoms with Gasteiger partial charge in [-0.25, -0.2) is 0 Å². The predicted octanol–water partition coefficient (Wildman–Crippen LogP) is 1.31. The molecule has 1 aromatic carbocycles. The van der Waals surface area contributed by atoms with Crippen LogP contribution in [-0.2, 0) is 11.2 Å². The lowest BCUT2D eigenvalue weighted by atomic mass is 9.96. The van der Waals surface area contributed by atoms with Crippen LogP contribution in [0.25, 0.3) is 0 Å². The van der Waals surface area contributed by atoms with Gasteiger partial charge in [0.25, 0.3) is 0 Å². The largest absolute Gasteiger partial charge is 0.388 e. The van der Waals surface area contributed by atoms with Gasteiger partial charge in [0, 0.05) is 51.9 Å². The number of fused-ring (bicyclic) bond motifs is 1. The van der Waals surface area contributed by atoms with Crippen LogP contribution in [0.15, 0.2) is 18.2 Å². The minimum absolute atomic E-state index is 0.0953. The molecule has 1 atom stereocenters. The van der Waals surface area contributed by atoms with Crippen LogP contribution in [0.1, 0.15) is 37.0 Å². The number of carbonyl (C=O) groups is 1. The molecule has 5 heteroatoms.